The SMILES string of the molecule is CN=CNP(=S)(OC(C)C)SCC(C)C. The smallest absolute Gasteiger partial charge is 0.211 e. The monoisotopic (exact) mass is 268 g/mol. The molecule has 0 saturated heterocycles. The Morgan fingerprint density at radius 1 is 1.47 bits per heavy atom. The second-order valence-electron chi connectivity index (χ2n) is 3.86. The molecule has 1 N–H and O–H groups in total. The van der Waals surface area contributed by atoms with Crippen LogP contribution in [0.3, 0.4) is 0 Å². The van der Waals surface area contributed by atoms with Crippen LogP contribution in [0, 0.1) is 5.92 Å². The highest BCUT2D eigenvalue weighted by Gasteiger charge is 2.19. The Hall–Kier alpha value is 0.430. The van der Waals surface area contributed by atoms with E-state index in [-0.39, 0.29) is 6.10 Å². The lowest BCUT2D eigenvalue weighted by Gasteiger charge is -2.24. The van der Waals surface area contributed by atoms with Crippen molar-refractivity contribution in [2.75, 3.05) is 12.8 Å². The number of hydrogen-bond acceptors (Lipinski definition) is 4. The molecule has 0 fully saturated rings. The molecule has 0 spiro atoms. The van der Waals surface area contributed by atoms with Crippen molar-refractivity contribution in [3.8, 4) is 0 Å². The Morgan fingerprint density at radius 3 is 2.47 bits per heavy atom. The average Bonchev–Trinajstić information content (AvgIpc) is 2.11. The van der Waals surface area contributed by atoms with Crippen molar-refractivity contribution in [1.29, 1.82) is 0 Å². The summed E-state index contributed by atoms with van der Waals surface area (Å²) in [5.74, 6) is 1.63. The summed E-state index contributed by atoms with van der Waals surface area (Å²) >= 11 is 7.21. The molecule has 3 nitrogen and oxygen atoms in total. The molecule has 0 amide bonds. The first-order valence-corrected chi connectivity index (χ1v) is 9.32. The highest BCUT2D eigenvalue weighted by Crippen LogP contribution is 2.57. The van der Waals surface area contributed by atoms with Gasteiger partial charge in [-0.25, -0.2) is 0 Å². The van der Waals surface area contributed by atoms with Crippen LogP contribution in [0.5, 0.6) is 0 Å². The van der Waals surface area contributed by atoms with E-state index in [1.807, 2.05) is 13.8 Å². The zero-order chi connectivity index (χ0) is 11.9. The van der Waals surface area contributed by atoms with E-state index >= 15 is 0 Å². The molecule has 0 heterocycles. The molecular formula is C9H21N2OPS2. The minimum absolute atomic E-state index is 0.147. The first kappa shape index (κ1) is 15.4. The first-order valence-electron chi connectivity index (χ1n) is 5.01. The van der Waals surface area contributed by atoms with E-state index in [9.17, 15) is 0 Å². The summed E-state index contributed by atoms with van der Waals surface area (Å²) in [5, 5.41) is 3.11. The van der Waals surface area contributed by atoms with Gasteiger partial charge in [0.15, 0.2) is 0 Å². The normalized spacial score (nSPS) is 16.2. The second kappa shape index (κ2) is 7.66. The molecule has 6 heteroatoms. The van der Waals surface area contributed by atoms with Gasteiger partial charge in [-0.05, 0) is 31.6 Å². The Balaban J connectivity index is 4.33. The van der Waals surface area contributed by atoms with Gasteiger partial charge in [-0.3, -0.25) is 4.99 Å². The van der Waals surface area contributed by atoms with Crippen LogP contribution in [0.15, 0.2) is 4.99 Å². The third kappa shape index (κ3) is 8.26. The highest BCUT2D eigenvalue weighted by molar-refractivity contribution is 8.68. The van der Waals surface area contributed by atoms with Gasteiger partial charge in [0.05, 0.1) is 12.4 Å². The third-order valence-electron chi connectivity index (χ3n) is 1.27. The van der Waals surface area contributed by atoms with Crippen molar-refractivity contribution in [2.45, 2.75) is 33.8 Å². The number of nitrogens with zero attached hydrogens (tertiary/aromatic N) is 1. The maximum absolute atomic E-state index is 5.78. The summed E-state index contributed by atoms with van der Waals surface area (Å²) in [4.78, 5) is 3.89. The molecule has 0 aromatic rings. The maximum atomic E-state index is 5.78. The molecule has 0 rings (SSSR count). The van der Waals surface area contributed by atoms with Gasteiger partial charge in [-0.1, -0.05) is 25.2 Å². The van der Waals surface area contributed by atoms with Gasteiger partial charge in [0.2, 0.25) is 5.62 Å². The second-order valence-corrected chi connectivity index (χ2v) is 10.5. The molecule has 15 heavy (non-hydrogen) atoms. The largest absolute Gasteiger partial charge is 0.324 e. The van der Waals surface area contributed by atoms with Crippen LogP contribution in [-0.2, 0) is 16.3 Å². The number of hydrogen-bond donors (Lipinski definition) is 1. The van der Waals surface area contributed by atoms with Crippen LogP contribution < -0.4 is 5.09 Å². The van der Waals surface area contributed by atoms with E-state index < -0.39 is 5.62 Å². The molecule has 90 valence electrons. The van der Waals surface area contributed by atoms with Crippen LogP contribution >= 0.6 is 17.0 Å². The van der Waals surface area contributed by atoms with Crippen LogP contribution in [0.1, 0.15) is 27.7 Å². The van der Waals surface area contributed by atoms with Crippen LogP contribution in [0.4, 0.5) is 0 Å². The fraction of sp³-hybridized carbons (Fsp3) is 0.889. The van der Waals surface area contributed by atoms with Crippen molar-refractivity contribution in [2.24, 2.45) is 10.9 Å². The maximum Gasteiger partial charge on any atom is 0.211 e. The van der Waals surface area contributed by atoms with Crippen molar-refractivity contribution >= 4 is 35.1 Å². The van der Waals surface area contributed by atoms with Gasteiger partial charge >= 0.3 is 0 Å². The van der Waals surface area contributed by atoms with E-state index in [4.69, 9.17) is 16.3 Å². The minimum atomic E-state index is -2.00. The molecule has 1 atom stereocenters. The predicted molar refractivity (Wildman–Crippen MR) is 75.4 cm³/mol. The molecule has 1 unspecified atom stereocenters. The zero-order valence-electron chi connectivity index (χ0n) is 10.1. The Bertz CT molecular complexity index is 244. The zero-order valence-corrected chi connectivity index (χ0v) is 12.6. The molecule has 0 bridgehead atoms. The fourth-order valence-corrected chi connectivity index (χ4v) is 6.01. The lowest BCUT2D eigenvalue weighted by molar-refractivity contribution is 0.274. The van der Waals surface area contributed by atoms with Crippen LogP contribution in [0.2, 0.25) is 0 Å². The number of aliphatic imine (C=N–C) groups is 1. The van der Waals surface area contributed by atoms with Gasteiger partial charge in [0.1, 0.15) is 0 Å². The van der Waals surface area contributed by atoms with Crippen molar-refractivity contribution < 1.29 is 4.52 Å². The van der Waals surface area contributed by atoms with E-state index in [2.05, 4.69) is 23.9 Å². The highest BCUT2D eigenvalue weighted by atomic mass is 32.9. The quantitative estimate of drug-likeness (QED) is 0.436. The molecule has 0 aliphatic rings. The Labute approximate surface area is 102 Å². The lowest BCUT2D eigenvalue weighted by atomic mass is 10.3. The first-order chi connectivity index (χ1) is 6.89. The van der Waals surface area contributed by atoms with E-state index in [0.29, 0.717) is 5.92 Å². The molecular weight excluding hydrogens is 247 g/mol. The van der Waals surface area contributed by atoms with Crippen molar-refractivity contribution in [3.05, 3.63) is 0 Å². The average molecular weight is 268 g/mol. The van der Waals surface area contributed by atoms with Crippen LogP contribution in [-0.4, -0.2) is 25.2 Å². The molecule has 0 aliphatic carbocycles. The van der Waals surface area contributed by atoms with Gasteiger partial charge in [-0.2, -0.15) is 0 Å². The number of nitrogens with one attached hydrogen (secondary N) is 1. The van der Waals surface area contributed by atoms with Gasteiger partial charge in [-0.15, -0.1) is 0 Å². The Kier molecular flexibility index (Phi) is 7.88. The topological polar surface area (TPSA) is 33.6 Å². The fourth-order valence-electron chi connectivity index (χ4n) is 0.751. The van der Waals surface area contributed by atoms with Crippen molar-refractivity contribution in [1.82, 2.24) is 5.09 Å². The van der Waals surface area contributed by atoms with Gasteiger partial charge in [0, 0.05) is 12.8 Å². The minimum Gasteiger partial charge on any atom is -0.324 e. The summed E-state index contributed by atoms with van der Waals surface area (Å²) in [5.41, 5.74) is -2.00. The molecule has 0 aromatic heterocycles. The van der Waals surface area contributed by atoms with Crippen LogP contribution in [0.25, 0.3) is 0 Å². The van der Waals surface area contributed by atoms with Gasteiger partial charge < -0.3 is 9.61 Å². The molecule has 0 aliphatic heterocycles. The summed E-state index contributed by atoms with van der Waals surface area (Å²) in [7, 11) is 1.72. The van der Waals surface area contributed by atoms with Gasteiger partial charge in [0.25, 0.3) is 0 Å². The van der Waals surface area contributed by atoms with E-state index in [0.717, 1.165) is 5.75 Å². The molecule has 0 saturated carbocycles. The summed E-state index contributed by atoms with van der Waals surface area (Å²) in [6.07, 6.45) is 1.78. The summed E-state index contributed by atoms with van der Waals surface area (Å²) in [6, 6.07) is 0. The van der Waals surface area contributed by atoms with E-state index in [1.54, 1.807) is 24.8 Å². The van der Waals surface area contributed by atoms with Crippen molar-refractivity contribution in [3.63, 3.8) is 0 Å². The summed E-state index contributed by atoms with van der Waals surface area (Å²) < 4.78 is 5.78. The predicted octanol–water partition coefficient (Wildman–Crippen LogP) is 3.27. The standard InChI is InChI=1S/C9H21N2OPS2/c1-8(2)6-15-13(14,11-7-10-5)12-9(3)4/h7-9H,6H2,1-5H3,(H,10,11,14). The third-order valence-corrected chi connectivity index (χ3v) is 7.12. The lowest BCUT2D eigenvalue weighted by Crippen LogP contribution is -2.12. The van der Waals surface area contributed by atoms with E-state index in [1.165, 1.54) is 0 Å². The number of rotatable bonds is 7. The molecule has 0 radical (unpaired) electrons. The Morgan fingerprint density at radius 2 is 2.07 bits per heavy atom. The molecule has 0 aromatic carbocycles. The summed E-state index contributed by atoms with van der Waals surface area (Å²) in [6.45, 7) is 8.36.